The van der Waals surface area contributed by atoms with E-state index in [1.807, 2.05) is 22.6 Å². The van der Waals surface area contributed by atoms with Crippen molar-refractivity contribution in [3.8, 4) is 6.07 Å². The fourth-order valence-electron chi connectivity index (χ4n) is 4.51. The Morgan fingerprint density at radius 1 is 1.33 bits per heavy atom. The number of nitrogens with zero attached hydrogens (tertiary/aromatic N) is 2. The van der Waals surface area contributed by atoms with Gasteiger partial charge < -0.3 is 9.84 Å². The van der Waals surface area contributed by atoms with Crippen molar-refractivity contribution in [2.45, 2.75) is 37.6 Å². The summed E-state index contributed by atoms with van der Waals surface area (Å²) in [4.78, 5) is 27.2. The highest BCUT2D eigenvalue weighted by atomic mass is 127. The molecule has 5 atom stereocenters. The van der Waals surface area contributed by atoms with Gasteiger partial charge >= 0.3 is 0 Å². The molecule has 0 aromatic heterocycles. The van der Waals surface area contributed by atoms with Crippen LogP contribution >= 0.6 is 22.6 Å². The van der Waals surface area contributed by atoms with E-state index in [0.717, 1.165) is 0 Å². The highest BCUT2D eigenvalue weighted by Crippen LogP contribution is 2.60. The van der Waals surface area contributed by atoms with Crippen LogP contribution in [0.1, 0.15) is 25.8 Å². The fraction of sp³-hybridized carbons (Fsp3) is 0.471. The van der Waals surface area contributed by atoms with Crippen molar-refractivity contribution >= 4 is 40.1 Å². The third-order valence-electron chi connectivity index (χ3n) is 5.63. The molecule has 3 aliphatic rings. The van der Waals surface area contributed by atoms with Crippen LogP contribution in [0.5, 0.6) is 0 Å². The van der Waals surface area contributed by atoms with E-state index in [-0.39, 0.29) is 11.8 Å². The van der Waals surface area contributed by atoms with Crippen molar-refractivity contribution in [1.29, 1.82) is 5.26 Å². The second kappa shape index (κ2) is 4.77. The molecule has 0 saturated carbocycles. The summed E-state index contributed by atoms with van der Waals surface area (Å²) in [5.41, 5.74) is -0.888. The largest absolute Gasteiger partial charge is 0.390 e. The molecule has 2 bridgehead atoms. The van der Waals surface area contributed by atoms with Gasteiger partial charge in [-0.05, 0) is 54.6 Å². The second-order valence-electron chi connectivity index (χ2n) is 7.06. The van der Waals surface area contributed by atoms with Crippen LogP contribution in [0.25, 0.3) is 0 Å². The number of rotatable bonds is 1. The predicted octanol–water partition coefficient (Wildman–Crippen LogP) is 1.58. The standard InChI is InChI=1S/C17H15IN2O4/c1-16-6-11(21)17(2,24-16)13-12(16)14(22)20(15(13)23)9-4-3-8(7-19)10(18)5-9/h3-5,11-13,21H,6H2,1-2H3/t11-,12+,13-,16?,17-/m1/s1. The first kappa shape index (κ1) is 16.0. The summed E-state index contributed by atoms with van der Waals surface area (Å²) in [6.07, 6.45) is -0.413. The minimum absolute atomic E-state index is 0.288. The molecule has 124 valence electrons. The lowest BCUT2D eigenvalue weighted by atomic mass is 9.67. The van der Waals surface area contributed by atoms with Gasteiger partial charge in [-0.1, -0.05) is 0 Å². The number of fused-ring (bicyclic) bond motifs is 5. The molecule has 0 radical (unpaired) electrons. The molecule has 0 spiro atoms. The van der Waals surface area contributed by atoms with Crippen LogP contribution in [0, 0.1) is 26.7 Å². The molecule has 3 heterocycles. The van der Waals surface area contributed by atoms with Gasteiger partial charge in [-0.25, -0.2) is 4.90 Å². The van der Waals surface area contributed by atoms with Gasteiger partial charge in [-0.15, -0.1) is 0 Å². The average Bonchev–Trinajstić information content (AvgIpc) is 3.01. The Bertz CT molecular complexity index is 834. The third kappa shape index (κ3) is 1.76. The highest BCUT2D eigenvalue weighted by Gasteiger charge is 2.75. The number of nitriles is 1. The Balaban J connectivity index is 1.79. The maximum absolute atomic E-state index is 13.0. The molecule has 1 N–H and O–H groups in total. The highest BCUT2D eigenvalue weighted by molar-refractivity contribution is 14.1. The van der Waals surface area contributed by atoms with E-state index < -0.39 is 29.1 Å². The molecule has 1 aromatic carbocycles. The monoisotopic (exact) mass is 438 g/mol. The predicted molar refractivity (Wildman–Crippen MR) is 91.9 cm³/mol. The van der Waals surface area contributed by atoms with Gasteiger partial charge in [0.2, 0.25) is 11.8 Å². The average molecular weight is 438 g/mol. The summed E-state index contributed by atoms with van der Waals surface area (Å²) < 4.78 is 6.63. The van der Waals surface area contributed by atoms with Crippen molar-refractivity contribution in [2.75, 3.05) is 4.90 Å². The third-order valence-corrected chi connectivity index (χ3v) is 6.52. The van der Waals surface area contributed by atoms with Gasteiger partial charge in [-0.3, -0.25) is 9.59 Å². The van der Waals surface area contributed by atoms with Crippen LogP contribution in [-0.4, -0.2) is 34.2 Å². The topological polar surface area (TPSA) is 90.6 Å². The van der Waals surface area contributed by atoms with Gasteiger partial charge in [0.1, 0.15) is 11.7 Å². The molecule has 3 aliphatic heterocycles. The molecule has 1 unspecified atom stereocenters. The first-order chi connectivity index (χ1) is 11.2. The van der Waals surface area contributed by atoms with Gasteiger partial charge in [-0.2, -0.15) is 5.26 Å². The van der Waals surface area contributed by atoms with Crippen molar-refractivity contribution in [3.63, 3.8) is 0 Å². The smallest absolute Gasteiger partial charge is 0.240 e. The van der Waals surface area contributed by atoms with Gasteiger partial charge in [0, 0.05) is 9.99 Å². The summed E-state index contributed by atoms with van der Waals surface area (Å²) >= 11 is 2.01. The summed E-state index contributed by atoms with van der Waals surface area (Å²) in [6, 6.07) is 6.95. The molecule has 2 amide bonds. The number of imide groups is 1. The molecule has 4 rings (SSSR count). The number of carbonyl (C=O) groups excluding carboxylic acids is 2. The zero-order valence-corrected chi connectivity index (χ0v) is 15.3. The molecule has 7 heteroatoms. The van der Waals surface area contributed by atoms with Crippen LogP contribution in [0.15, 0.2) is 18.2 Å². The second-order valence-corrected chi connectivity index (χ2v) is 8.22. The maximum Gasteiger partial charge on any atom is 0.240 e. The molecule has 3 saturated heterocycles. The van der Waals surface area contributed by atoms with Crippen LogP contribution in [0.3, 0.4) is 0 Å². The van der Waals surface area contributed by atoms with E-state index in [2.05, 4.69) is 6.07 Å². The van der Waals surface area contributed by atoms with Crippen molar-refractivity contribution < 1.29 is 19.4 Å². The quantitative estimate of drug-likeness (QED) is 0.531. The molecule has 24 heavy (non-hydrogen) atoms. The minimum Gasteiger partial charge on any atom is -0.390 e. The van der Waals surface area contributed by atoms with Gasteiger partial charge in [0.25, 0.3) is 0 Å². The lowest BCUT2D eigenvalue weighted by Gasteiger charge is -2.31. The Morgan fingerprint density at radius 3 is 2.62 bits per heavy atom. The number of benzene rings is 1. The normalized spacial score (nSPS) is 40.1. The minimum atomic E-state index is -1.03. The molecule has 6 nitrogen and oxygen atoms in total. The lowest BCUT2D eigenvalue weighted by Crippen LogP contribution is -2.49. The van der Waals surface area contributed by atoms with Crippen molar-refractivity contribution in [3.05, 3.63) is 27.3 Å². The number of halogens is 1. The number of aliphatic hydroxyl groups excluding tert-OH is 1. The molecule has 3 fully saturated rings. The van der Waals surface area contributed by atoms with Crippen LogP contribution in [-0.2, 0) is 14.3 Å². The number of hydrogen-bond donors (Lipinski definition) is 1. The summed E-state index contributed by atoms with van der Waals surface area (Å²) in [5, 5.41) is 19.4. The maximum atomic E-state index is 13.0. The van der Waals surface area contributed by atoms with Gasteiger partial charge in [0.05, 0.1) is 34.8 Å². The summed E-state index contributed by atoms with van der Waals surface area (Å²) in [6.45, 7) is 3.51. The summed E-state index contributed by atoms with van der Waals surface area (Å²) in [7, 11) is 0. The first-order valence-electron chi connectivity index (χ1n) is 7.68. The fourth-order valence-corrected chi connectivity index (χ4v) is 5.13. The molecular weight excluding hydrogens is 423 g/mol. The number of hydrogen-bond acceptors (Lipinski definition) is 5. The molecular formula is C17H15IN2O4. The van der Waals surface area contributed by atoms with Gasteiger partial charge in [0.15, 0.2) is 0 Å². The van der Waals surface area contributed by atoms with E-state index in [9.17, 15) is 14.7 Å². The van der Waals surface area contributed by atoms with E-state index in [4.69, 9.17) is 10.00 Å². The number of ether oxygens (including phenoxy) is 1. The Kier molecular flexibility index (Phi) is 3.18. The first-order valence-corrected chi connectivity index (χ1v) is 8.76. The van der Waals surface area contributed by atoms with E-state index in [1.165, 1.54) is 4.90 Å². The van der Waals surface area contributed by atoms with E-state index in [0.29, 0.717) is 21.2 Å². The SMILES string of the molecule is CC12C[C@@H](O)[C@@](C)(O1)[C@H]1C(=O)N(c3ccc(C#N)c(I)c3)C(=O)[C@H]12. The number of aliphatic hydroxyl groups is 1. The molecule has 0 aliphatic carbocycles. The lowest BCUT2D eigenvalue weighted by molar-refractivity contribution is -0.132. The van der Waals surface area contributed by atoms with Crippen molar-refractivity contribution in [2.24, 2.45) is 11.8 Å². The van der Waals surface area contributed by atoms with Crippen LogP contribution in [0.2, 0.25) is 0 Å². The number of anilines is 1. The zero-order chi connectivity index (χ0) is 17.4. The van der Waals surface area contributed by atoms with E-state index in [1.54, 1.807) is 32.0 Å². The number of carbonyl (C=O) groups is 2. The van der Waals surface area contributed by atoms with Crippen LogP contribution in [0.4, 0.5) is 5.69 Å². The summed E-state index contributed by atoms with van der Waals surface area (Å²) in [5.74, 6) is -1.88. The van der Waals surface area contributed by atoms with Crippen LogP contribution < -0.4 is 4.90 Å². The Morgan fingerprint density at radius 2 is 2.00 bits per heavy atom. The Hall–Kier alpha value is -1.50. The zero-order valence-electron chi connectivity index (χ0n) is 13.1. The molecule has 1 aromatic rings. The van der Waals surface area contributed by atoms with E-state index >= 15 is 0 Å². The number of amides is 2. The van der Waals surface area contributed by atoms with Crippen molar-refractivity contribution in [1.82, 2.24) is 0 Å². The Labute approximate surface area is 152 Å².